The van der Waals surface area contributed by atoms with Crippen molar-refractivity contribution in [1.29, 1.82) is 0 Å². The van der Waals surface area contributed by atoms with Crippen LogP contribution < -0.4 is 5.32 Å². The molecule has 1 rings (SSSR count). The third-order valence-electron chi connectivity index (χ3n) is 3.10. The molecule has 0 saturated heterocycles. The lowest BCUT2D eigenvalue weighted by Gasteiger charge is -2.21. The Morgan fingerprint density at radius 2 is 1.94 bits per heavy atom. The lowest BCUT2D eigenvalue weighted by atomic mass is 10.0. The van der Waals surface area contributed by atoms with Crippen molar-refractivity contribution in [2.45, 2.75) is 12.5 Å². The Labute approximate surface area is 120 Å². The van der Waals surface area contributed by atoms with Gasteiger partial charge in [0, 0.05) is 23.4 Å². The van der Waals surface area contributed by atoms with E-state index in [0.29, 0.717) is 6.04 Å². The Balaban J connectivity index is 2.44. The van der Waals surface area contributed by atoms with Crippen LogP contribution in [0.15, 0.2) is 24.3 Å². The molecule has 0 aromatic heterocycles. The minimum absolute atomic E-state index is 0.402. The molecule has 1 aromatic rings. The number of thioether (sulfide) groups is 1. The molecule has 102 valence electrons. The van der Waals surface area contributed by atoms with E-state index in [-0.39, 0.29) is 0 Å². The third kappa shape index (κ3) is 5.61. The minimum Gasteiger partial charge on any atom is -0.313 e. The first-order valence-corrected chi connectivity index (χ1v) is 8.04. The maximum Gasteiger partial charge on any atom is 0.0406 e. The van der Waals surface area contributed by atoms with Gasteiger partial charge in [0.2, 0.25) is 0 Å². The highest BCUT2D eigenvalue weighted by Gasteiger charge is 2.10. The zero-order chi connectivity index (χ0) is 13.4. The maximum absolute atomic E-state index is 5.91. The SMILES string of the molecule is CNC(CCN(C)CCSC)c1ccc(Cl)cc1. The number of hydrogen-bond donors (Lipinski definition) is 1. The second kappa shape index (κ2) is 8.81. The molecule has 0 aliphatic rings. The second-order valence-corrected chi connectivity index (χ2v) is 5.90. The quantitative estimate of drug-likeness (QED) is 0.789. The molecule has 0 saturated carbocycles. The van der Waals surface area contributed by atoms with E-state index < -0.39 is 0 Å². The van der Waals surface area contributed by atoms with E-state index in [4.69, 9.17) is 11.6 Å². The Morgan fingerprint density at radius 1 is 1.28 bits per heavy atom. The monoisotopic (exact) mass is 286 g/mol. The summed E-state index contributed by atoms with van der Waals surface area (Å²) >= 11 is 7.81. The van der Waals surface area contributed by atoms with E-state index in [9.17, 15) is 0 Å². The van der Waals surface area contributed by atoms with Crippen LogP contribution in [-0.4, -0.2) is 44.1 Å². The molecule has 1 aromatic carbocycles. The van der Waals surface area contributed by atoms with Gasteiger partial charge in [0.05, 0.1) is 0 Å². The van der Waals surface area contributed by atoms with E-state index in [1.807, 2.05) is 30.9 Å². The fraction of sp³-hybridized carbons (Fsp3) is 0.571. The number of nitrogens with zero attached hydrogens (tertiary/aromatic N) is 1. The van der Waals surface area contributed by atoms with Crippen LogP contribution in [0.25, 0.3) is 0 Å². The molecule has 4 heteroatoms. The highest BCUT2D eigenvalue weighted by molar-refractivity contribution is 7.98. The average Bonchev–Trinajstić information content (AvgIpc) is 2.39. The van der Waals surface area contributed by atoms with Crippen LogP contribution in [0, 0.1) is 0 Å². The molecule has 1 atom stereocenters. The van der Waals surface area contributed by atoms with Crippen LogP contribution >= 0.6 is 23.4 Å². The highest BCUT2D eigenvalue weighted by atomic mass is 35.5. The van der Waals surface area contributed by atoms with Gasteiger partial charge in [-0.15, -0.1) is 0 Å². The lowest BCUT2D eigenvalue weighted by Crippen LogP contribution is -2.27. The fourth-order valence-corrected chi connectivity index (χ4v) is 2.50. The third-order valence-corrected chi connectivity index (χ3v) is 3.94. The zero-order valence-corrected chi connectivity index (χ0v) is 13.0. The van der Waals surface area contributed by atoms with Crippen LogP contribution in [0.3, 0.4) is 0 Å². The first-order valence-electron chi connectivity index (χ1n) is 6.27. The summed E-state index contributed by atoms with van der Waals surface area (Å²) in [5, 5.41) is 4.17. The zero-order valence-electron chi connectivity index (χ0n) is 11.4. The van der Waals surface area contributed by atoms with Gasteiger partial charge in [-0.05, 0) is 51.0 Å². The van der Waals surface area contributed by atoms with Crippen molar-refractivity contribution >= 4 is 23.4 Å². The van der Waals surface area contributed by atoms with Gasteiger partial charge in [0.25, 0.3) is 0 Å². The highest BCUT2D eigenvalue weighted by Crippen LogP contribution is 2.19. The Hall–Kier alpha value is -0.220. The second-order valence-electron chi connectivity index (χ2n) is 4.48. The summed E-state index contributed by atoms with van der Waals surface area (Å²) in [5.74, 6) is 1.20. The van der Waals surface area contributed by atoms with Gasteiger partial charge < -0.3 is 10.2 Å². The van der Waals surface area contributed by atoms with Gasteiger partial charge in [0.1, 0.15) is 0 Å². The first-order chi connectivity index (χ1) is 8.67. The van der Waals surface area contributed by atoms with Gasteiger partial charge in [-0.1, -0.05) is 23.7 Å². The van der Waals surface area contributed by atoms with Crippen molar-refractivity contribution in [3.63, 3.8) is 0 Å². The topological polar surface area (TPSA) is 15.3 Å². The summed E-state index contributed by atoms with van der Waals surface area (Å²) in [7, 11) is 4.20. The van der Waals surface area contributed by atoms with E-state index >= 15 is 0 Å². The van der Waals surface area contributed by atoms with Crippen molar-refractivity contribution < 1.29 is 0 Å². The van der Waals surface area contributed by atoms with Crippen LogP contribution in [0.5, 0.6) is 0 Å². The molecule has 0 amide bonds. The maximum atomic E-state index is 5.91. The summed E-state index contributed by atoms with van der Waals surface area (Å²) in [5.41, 5.74) is 1.31. The van der Waals surface area contributed by atoms with Crippen LogP contribution in [0.2, 0.25) is 5.02 Å². The number of hydrogen-bond acceptors (Lipinski definition) is 3. The Kier molecular flexibility index (Phi) is 7.75. The van der Waals surface area contributed by atoms with Crippen molar-refractivity contribution in [1.82, 2.24) is 10.2 Å². The van der Waals surface area contributed by atoms with Crippen LogP contribution in [0.4, 0.5) is 0 Å². The largest absolute Gasteiger partial charge is 0.313 e. The lowest BCUT2D eigenvalue weighted by molar-refractivity contribution is 0.328. The predicted molar refractivity (Wildman–Crippen MR) is 83.7 cm³/mol. The number of nitrogens with one attached hydrogen (secondary N) is 1. The summed E-state index contributed by atoms with van der Waals surface area (Å²) in [6.07, 6.45) is 3.26. The number of benzene rings is 1. The molecular formula is C14H23ClN2S. The van der Waals surface area contributed by atoms with Gasteiger partial charge >= 0.3 is 0 Å². The molecule has 0 heterocycles. The van der Waals surface area contributed by atoms with Gasteiger partial charge in [-0.3, -0.25) is 0 Å². The van der Waals surface area contributed by atoms with Crippen molar-refractivity contribution in [2.24, 2.45) is 0 Å². The van der Waals surface area contributed by atoms with E-state index in [1.165, 1.54) is 11.3 Å². The number of halogens is 1. The normalized spacial score (nSPS) is 12.9. The molecule has 0 aliphatic carbocycles. The van der Waals surface area contributed by atoms with Crippen molar-refractivity contribution in [2.75, 3.05) is 39.2 Å². The molecule has 0 radical (unpaired) electrons. The molecule has 1 N–H and O–H groups in total. The summed E-state index contributed by atoms with van der Waals surface area (Å²) in [6, 6.07) is 8.52. The fourth-order valence-electron chi connectivity index (χ4n) is 1.88. The molecule has 0 fully saturated rings. The van der Waals surface area contributed by atoms with Gasteiger partial charge in [0.15, 0.2) is 0 Å². The van der Waals surface area contributed by atoms with Crippen molar-refractivity contribution in [3.05, 3.63) is 34.9 Å². The first kappa shape index (κ1) is 15.8. The molecule has 0 spiro atoms. The predicted octanol–water partition coefficient (Wildman–Crippen LogP) is 3.29. The molecule has 0 aliphatic heterocycles. The van der Waals surface area contributed by atoms with Crippen LogP contribution in [-0.2, 0) is 0 Å². The Bertz CT molecular complexity index is 329. The Morgan fingerprint density at radius 3 is 2.50 bits per heavy atom. The molecule has 18 heavy (non-hydrogen) atoms. The van der Waals surface area contributed by atoms with Gasteiger partial charge in [-0.2, -0.15) is 11.8 Å². The number of rotatable bonds is 8. The summed E-state index contributed by atoms with van der Waals surface area (Å²) < 4.78 is 0. The van der Waals surface area contributed by atoms with E-state index in [0.717, 1.165) is 24.5 Å². The minimum atomic E-state index is 0.402. The molecule has 0 bridgehead atoms. The molecule has 2 nitrogen and oxygen atoms in total. The average molecular weight is 287 g/mol. The summed E-state index contributed by atoms with van der Waals surface area (Å²) in [6.45, 7) is 2.26. The molecule has 1 unspecified atom stereocenters. The van der Waals surface area contributed by atoms with Crippen LogP contribution in [0.1, 0.15) is 18.0 Å². The van der Waals surface area contributed by atoms with E-state index in [1.54, 1.807) is 0 Å². The molecular weight excluding hydrogens is 264 g/mol. The standard InChI is InChI=1S/C14H23ClN2S/c1-16-14(8-9-17(2)10-11-18-3)12-4-6-13(15)7-5-12/h4-7,14,16H,8-11H2,1-3H3. The van der Waals surface area contributed by atoms with Crippen molar-refractivity contribution in [3.8, 4) is 0 Å². The smallest absolute Gasteiger partial charge is 0.0406 e. The van der Waals surface area contributed by atoms with Gasteiger partial charge in [-0.25, -0.2) is 0 Å². The summed E-state index contributed by atoms with van der Waals surface area (Å²) in [4.78, 5) is 2.39. The van der Waals surface area contributed by atoms with E-state index in [2.05, 4.69) is 35.7 Å².